The molecule has 10 heteroatoms. The number of hydrogen-bond donors (Lipinski definition) is 2. The molecule has 35 heavy (non-hydrogen) atoms. The summed E-state index contributed by atoms with van der Waals surface area (Å²) in [5, 5.41) is 2.83. The van der Waals surface area contributed by atoms with Crippen LogP contribution in [0.4, 0.5) is 16.0 Å². The zero-order chi connectivity index (χ0) is 24.5. The molecule has 2 N–H and O–H groups in total. The van der Waals surface area contributed by atoms with Gasteiger partial charge in [0.05, 0.1) is 35.2 Å². The summed E-state index contributed by atoms with van der Waals surface area (Å²) in [6.07, 6.45) is 3.76. The fraction of sp³-hybridized carbons (Fsp3) is 0.240. The van der Waals surface area contributed by atoms with Crippen LogP contribution in [0.25, 0.3) is 22.3 Å². The number of hydrogen-bond acceptors (Lipinski definition) is 6. The SMILES string of the molecule is CC(=O)N1CC[C@H](N(C)c2nc3ccc(NC(=O)c4cnc(-c5ccc(F)cc5)cn4)cc3[nH]2)C1. The van der Waals surface area contributed by atoms with Crippen molar-refractivity contribution in [3.05, 3.63) is 66.4 Å². The van der Waals surface area contributed by atoms with Gasteiger partial charge in [-0.15, -0.1) is 0 Å². The molecule has 4 aromatic rings. The highest BCUT2D eigenvalue weighted by molar-refractivity contribution is 6.03. The maximum Gasteiger partial charge on any atom is 0.275 e. The average molecular weight is 474 g/mol. The number of fused-ring (bicyclic) bond motifs is 1. The lowest BCUT2D eigenvalue weighted by molar-refractivity contribution is -0.127. The number of H-pyrrole nitrogens is 1. The van der Waals surface area contributed by atoms with Gasteiger partial charge in [-0.25, -0.2) is 14.4 Å². The Bertz CT molecular complexity index is 1390. The molecule has 2 aromatic heterocycles. The second kappa shape index (κ2) is 9.13. The Balaban J connectivity index is 1.27. The second-order valence-corrected chi connectivity index (χ2v) is 8.56. The van der Waals surface area contributed by atoms with Gasteiger partial charge in [0, 0.05) is 38.3 Å². The van der Waals surface area contributed by atoms with Crippen LogP contribution in [0.15, 0.2) is 54.9 Å². The Morgan fingerprint density at radius 2 is 1.94 bits per heavy atom. The van der Waals surface area contributed by atoms with Gasteiger partial charge in [0.1, 0.15) is 11.5 Å². The molecular formula is C25H24FN7O2. The molecule has 1 aliphatic rings. The number of nitrogens with zero attached hydrogens (tertiary/aromatic N) is 5. The van der Waals surface area contributed by atoms with Gasteiger partial charge in [0.25, 0.3) is 5.91 Å². The second-order valence-electron chi connectivity index (χ2n) is 8.56. The molecule has 5 rings (SSSR count). The Kier molecular flexibility index (Phi) is 5.86. The number of likely N-dealkylation sites (tertiary alicyclic amines) is 1. The quantitative estimate of drug-likeness (QED) is 0.460. The van der Waals surface area contributed by atoms with Gasteiger partial charge in [0.15, 0.2) is 0 Å². The topological polar surface area (TPSA) is 107 Å². The number of benzene rings is 2. The summed E-state index contributed by atoms with van der Waals surface area (Å²) in [5.41, 5.74) is 3.57. The number of aromatic amines is 1. The minimum absolute atomic E-state index is 0.0840. The number of carbonyl (C=O) groups is 2. The summed E-state index contributed by atoms with van der Waals surface area (Å²) in [4.78, 5) is 44.7. The highest BCUT2D eigenvalue weighted by Crippen LogP contribution is 2.24. The number of rotatable bonds is 5. The molecule has 1 atom stereocenters. The van der Waals surface area contributed by atoms with Gasteiger partial charge >= 0.3 is 0 Å². The number of amides is 2. The first kappa shape index (κ1) is 22.5. The first-order valence-electron chi connectivity index (χ1n) is 11.2. The molecule has 1 saturated heterocycles. The zero-order valence-corrected chi connectivity index (χ0v) is 19.3. The minimum atomic E-state index is -0.394. The van der Waals surface area contributed by atoms with E-state index in [1.54, 1.807) is 25.1 Å². The van der Waals surface area contributed by atoms with Crippen LogP contribution in [0.1, 0.15) is 23.8 Å². The summed E-state index contributed by atoms with van der Waals surface area (Å²) in [7, 11) is 1.96. The van der Waals surface area contributed by atoms with E-state index in [4.69, 9.17) is 0 Å². The molecule has 2 aromatic carbocycles. The number of likely N-dealkylation sites (N-methyl/N-ethyl adjacent to an activating group) is 1. The third-order valence-electron chi connectivity index (χ3n) is 6.24. The molecular weight excluding hydrogens is 449 g/mol. The van der Waals surface area contributed by atoms with E-state index in [2.05, 4.69) is 30.2 Å². The molecule has 178 valence electrons. The summed E-state index contributed by atoms with van der Waals surface area (Å²) in [5.74, 6) is 0.0697. The fourth-order valence-corrected chi connectivity index (χ4v) is 4.17. The van der Waals surface area contributed by atoms with E-state index in [-0.39, 0.29) is 23.5 Å². The standard InChI is InChI=1S/C25H24FN7O2/c1-15(34)33-10-9-19(14-33)32(2)25-30-20-8-7-18(11-21(20)31-25)29-24(35)23-13-27-22(12-28-23)16-3-5-17(26)6-4-16/h3-8,11-13,19H,9-10,14H2,1-2H3,(H,29,35)(H,30,31)/t19-/m0/s1. The van der Waals surface area contributed by atoms with Crippen LogP contribution in [0.2, 0.25) is 0 Å². The molecule has 1 fully saturated rings. The molecule has 0 spiro atoms. The summed E-state index contributed by atoms with van der Waals surface area (Å²) >= 11 is 0. The van der Waals surface area contributed by atoms with Crippen molar-refractivity contribution >= 4 is 34.5 Å². The molecule has 0 unspecified atom stereocenters. The zero-order valence-electron chi connectivity index (χ0n) is 19.3. The number of anilines is 2. The van der Waals surface area contributed by atoms with Crippen molar-refractivity contribution in [3.63, 3.8) is 0 Å². The molecule has 9 nitrogen and oxygen atoms in total. The van der Waals surface area contributed by atoms with E-state index in [1.807, 2.05) is 24.1 Å². The van der Waals surface area contributed by atoms with Gasteiger partial charge in [-0.3, -0.25) is 14.6 Å². The van der Waals surface area contributed by atoms with Crippen molar-refractivity contribution in [2.24, 2.45) is 0 Å². The van der Waals surface area contributed by atoms with Crippen LogP contribution in [0.5, 0.6) is 0 Å². The van der Waals surface area contributed by atoms with Gasteiger partial charge < -0.3 is 20.1 Å². The lowest BCUT2D eigenvalue weighted by Gasteiger charge is -2.23. The van der Waals surface area contributed by atoms with E-state index in [1.165, 1.54) is 24.5 Å². The Hall–Kier alpha value is -4.34. The highest BCUT2D eigenvalue weighted by Gasteiger charge is 2.28. The third-order valence-corrected chi connectivity index (χ3v) is 6.24. The predicted molar refractivity (Wildman–Crippen MR) is 131 cm³/mol. The fourth-order valence-electron chi connectivity index (χ4n) is 4.17. The Morgan fingerprint density at radius 3 is 2.63 bits per heavy atom. The third kappa shape index (κ3) is 4.68. The van der Waals surface area contributed by atoms with E-state index in [0.717, 1.165) is 24.0 Å². The number of aromatic nitrogens is 4. The van der Waals surface area contributed by atoms with Crippen LogP contribution in [-0.4, -0.2) is 62.8 Å². The maximum atomic E-state index is 13.1. The van der Waals surface area contributed by atoms with Crippen molar-refractivity contribution in [3.8, 4) is 11.3 Å². The van der Waals surface area contributed by atoms with Gasteiger partial charge in [-0.1, -0.05) is 0 Å². The summed E-state index contributed by atoms with van der Waals surface area (Å²) < 4.78 is 13.1. The first-order chi connectivity index (χ1) is 16.9. The largest absolute Gasteiger partial charge is 0.341 e. The number of nitrogens with one attached hydrogen (secondary N) is 2. The molecule has 0 aliphatic carbocycles. The molecule has 3 heterocycles. The van der Waals surface area contributed by atoms with Gasteiger partial charge in [-0.05, 0) is 48.9 Å². The number of halogens is 1. The molecule has 1 aliphatic heterocycles. The summed E-state index contributed by atoms with van der Waals surface area (Å²) in [6.45, 7) is 3.00. The van der Waals surface area contributed by atoms with Gasteiger partial charge in [0.2, 0.25) is 11.9 Å². The molecule has 0 bridgehead atoms. The lowest BCUT2D eigenvalue weighted by atomic mass is 10.1. The molecule has 0 radical (unpaired) electrons. The van der Waals surface area contributed by atoms with Crippen molar-refractivity contribution < 1.29 is 14.0 Å². The Morgan fingerprint density at radius 1 is 1.14 bits per heavy atom. The average Bonchev–Trinajstić information content (AvgIpc) is 3.52. The molecule has 0 saturated carbocycles. The lowest BCUT2D eigenvalue weighted by Crippen LogP contribution is -2.36. The van der Waals surface area contributed by atoms with Crippen LogP contribution in [0, 0.1) is 5.82 Å². The minimum Gasteiger partial charge on any atom is -0.341 e. The monoisotopic (exact) mass is 473 g/mol. The van der Waals surface area contributed by atoms with Crippen molar-refractivity contribution in [1.29, 1.82) is 0 Å². The first-order valence-corrected chi connectivity index (χ1v) is 11.2. The normalized spacial score (nSPS) is 15.4. The predicted octanol–water partition coefficient (Wildman–Crippen LogP) is 3.47. The van der Waals surface area contributed by atoms with Crippen LogP contribution >= 0.6 is 0 Å². The van der Waals surface area contributed by atoms with Crippen LogP contribution < -0.4 is 10.2 Å². The number of imidazole rings is 1. The maximum absolute atomic E-state index is 13.1. The van der Waals surface area contributed by atoms with Crippen LogP contribution in [-0.2, 0) is 4.79 Å². The van der Waals surface area contributed by atoms with Crippen molar-refractivity contribution in [2.45, 2.75) is 19.4 Å². The van der Waals surface area contributed by atoms with E-state index < -0.39 is 5.91 Å². The van der Waals surface area contributed by atoms with Crippen LogP contribution in [0.3, 0.4) is 0 Å². The smallest absolute Gasteiger partial charge is 0.275 e. The Labute approximate surface area is 201 Å². The van der Waals surface area contributed by atoms with E-state index in [9.17, 15) is 14.0 Å². The molecule has 2 amide bonds. The van der Waals surface area contributed by atoms with Gasteiger partial charge in [-0.2, -0.15) is 0 Å². The van der Waals surface area contributed by atoms with Crippen molar-refractivity contribution in [1.82, 2.24) is 24.8 Å². The summed E-state index contributed by atoms with van der Waals surface area (Å²) in [6, 6.07) is 11.5. The van der Waals surface area contributed by atoms with E-state index >= 15 is 0 Å². The van der Waals surface area contributed by atoms with Crippen molar-refractivity contribution in [2.75, 3.05) is 30.4 Å². The number of carbonyl (C=O) groups excluding carboxylic acids is 2. The highest BCUT2D eigenvalue weighted by atomic mass is 19.1. The van der Waals surface area contributed by atoms with E-state index in [0.29, 0.717) is 29.4 Å².